The van der Waals surface area contributed by atoms with E-state index in [1.807, 2.05) is 0 Å². The van der Waals surface area contributed by atoms with E-state index in [0.717, 1.165) is 0 Å². The molecule has 1 saturated heterocycles. The predicted octanol–water partition coefficient (Wildman–Crippen LogP) is 0.132. The van der Waals surface area contributed by atoms with Crippen LogP contribution in [0.25, 0.3) is 0 Å². The predicted molar refractivity (Wildman–Crippen MR) is 57.8 cm³/mol. The summed E-state index contributed by atoms with van der Waals surface area (Å²) in [5.41, 5.74) is -1.34. The van der Waals surface area contributed by atoms with Gasteiger partial charge in [-0.1, -0.05) is 24.5 Å². The molecule has 0 radical (unpaired) electrons. The van der Waals surface area contributed by atoms with Crippen molar-refractivity contribution in [2.75, 3.05) is 0 Å². The maximum absolute atomic E-state index is 11.0. The van der Waals surface area contributed by atoms with Crippen LogP contribution in [0.4, 0.5) is 4.79 Å². The van der Waals surface area contributed by atoms with E-state index in [2.05, 4.69) is 18.4 Å². The van der Waals surface area contributed by atoms with Crippen LogP contribution >= 0.6 is 0 Å². The summed E-state index contributed by atoms with van der Waals surface area (Å²) in [6.45, 7) is 5.24. The molecule has 0 bridgehead atoms. The second-order valence-electron chi connectivity index (χ2n) is 4.06. The zero-order valence-electron chi connectivity index (χ0n) is 9.21. The van der Waals surface area contributed by atoms with Gasteiger partial charge in [0.2, 0.25) is 0 Å². The Morgan fingerprint density at radius 2 is 2.24 bits per heavy atom. The van der Waals surface area contributed by atoms with Gasteiger partial charge in [-0.15, -0.1) is 0 Å². The molecule has 1 aliphatic heterocycles. The summed E-state index contributed by atoms with van der Waals surface area (Å²) in [4.78, 5) is 11.0. The molecule has 1 heterocycles. The number of rotatable bonds is 0. The number of carbonyl (C=O) groups excluding carboxylic acids is 1. The van der Waals surface area contributed by atoms with Crippen molar-refractivity contribution in [3.8, 4) is 11.8 Å². The van der Waals surface area contributed by atoms with Crippen molar-refractivity contribution >= 4 is 6.16 Å². The average Bonchev–Trinajstić information content (AvgIpc) is 2.63. The number of fused-ring (bicyclic) bond motifs is 1. The number of hydrogen-bond donors (Lipinski definition) is 2. The number of hydrogen-bond acceptors (Lipinski definition) is 5. The molecule has 4 unspecified atom stereocenters. The molecule has 2 rings (SSSR count). The van der Waals surface area contributed by atoms with E-state index < -0.39 is 30.1 Å². The first-order valence-corrected chi connectivity index (χ1v) is 5.08. The first kappa shape index (κ1) is 11.7. The highest BCUT2D eigenvalue weighted by Gasteiger charge is 2.55. The van der Waals surface area contributed by atoms with Gasteiger partial charge in [0.25, 0.3) is 0 Å². The Balaban J connectivity index is 2.37. The van der Waals surface area contributed by atoms with Gasteiger partial charge < -0.3 is 19.7 Å². The summed E-state index contributed by atoms with van der Waals surface area (Å²) in [6.07, 6.45) is -1.08. The molecule has 1 fully saturated rings. The fourth-order valence-corrected chi connectivity index (χ4v) is 1.73. The Bertz CT molecular complexity index is 455. The van der Waals surface area contributed by atoms with E-state index in [0.29, 0.717) is 5.57 Å². The summed E-state index contributed by atoms with van der Waals surface area (Å²) < 4.78 is 9.64. The van der Waals surface area contributed by atoms with Gasteiger partial charge in [-0.05, 0) is 18.6 Å². The van der Waals surface area contributed by atoms with E-state index in [-0.39, 0.29) is 0 Å². The highest BCUT2D eigenvalue weighted by atomic mass is 16.8. The van der Waals surface area contributed by atoms with Gasteiger partial charge in [0.1, 0.15) is 6.10 Å². The van der Waals surface area contributed by atoms with Gasteiger partial charge in [0.05, 0.1) is 0 Å². The zero-order chi connectivity index (χ0) is 12.6. The van der Waals surface area contributed by atoms with Crippen LogP contribution in [0, 0.1) is 11.8 Å². The lowest BCUT2D eigenvalue weighted by molar-refractivity contribution is -0.0930. The van der Waals surface area contributed by atoms with E-state index >= 15 is 0 Å². The fourth-order valence-electron chi connectivity index (χ4n) is 1.73. The Labute approximate surface area is 98.3 Å². The van der Waals surface area contributed by atoms with Gasteiger partial charge in [0, 0.05) is 0 Å². The normalized spacial score (nSPS) is 38.5. The average molecular weight is 236 g/mol. The van der Waals surface area contributed by atoms with Crippen molar-refractivity contribution in [1.82, 2.24) is 0 Å². The van der Waals surface area contributed by atoms with Crippen LogP contribution in [0.3, 0.4) is 0 Å². The molecule has 2 aliphatic rings. The van der Waals surface area contributed by atoms with Crippen LogP contribution < -0.4 is 0 Å². The second kappa shape index (κ2) is 3.91. The highest BCUT2D eigenvalue weighted by molar-refractivity contribution is 5.64. The Morgan fingerprint density at radius 1 is 1.53 bits per heavy atom. The molecule has 5 heteroatoms. The first-order chi connectivity index (χ1) is 7.93. The molecule has 0 spiro atoms. The summed E-state index contributed by atoms with van der Waals surface area (Å²) in [6, 6.07) is 0. The highest BCUT2D eigenvalue weighted by Crippen LogP contribution is 2.33. The minimum Gasteiger partial charge on any atom is -0.423 e. The largest absolute Gasteiger partial charge is 0.509 e. The van der Waals surface area contributed by atoms with Gasteiger partial charge >= 0.3 is 6.16 Å². The minimum absolute atomic E-state index is 0.530. The summed E-state index contributed by atoms with van der Waals surface area (Å²) >= 11 is 0. The van der Waals surface area contributed by atoms with Gasteiger partial charge in [-0.2, -0.15) is 0 Å². The molecule has 5 nitrogen and oxygen atoms in total. The van der Waals surface area contributed by atoms with Crippen molar-refractivity contribution in [3.05, 3.63) is 24.3 Å². The number of allylic oxidation sites excluding steroid dienone is 1. The number of aliphatic hydroxyl groups is 2. The Kier molecular flexibility index (Phi) is 2.69. The number of aliphatic hydroxyl groups excluding tert-OH is 1. The van der Waals surface area contributed by atoms with E-state index in [4.69, 9.17) is 9.47 Å². The number of carbonyl (C=O) groups is 1. The first-order valence-electron chi connectivity index (χ1n) is 5.08. The van der Waals surface area contributed by atoms with Crippen molar-refractivity contribution in [3.63, 3.8) is 0 Å². The monoisotopic (exact) mass is 236 g/mol. The van der Waals surface area contributed by atoms with Gasteiger partial charge in [0.15, 0.2) is 17.8 Å². The number of ether oxygens (including phenoxy) is 2. The standard InChI is InChI=1S/C12H12O5/c1-7(2)5-6-12(15)9(13)4-3-8-10(12)17-11(14)16-8/h3-4,8-10,13,15H,1H2,2H3. The van der Waals surface area contributed by atoms with Crippen molar-refractivity contribution in [2.45, 2.75) is 30.8 Å². The SMILES string of the molecule is C=C(C)C#CC1(O)C(O)C=CC2OC(=O)OC21. The molecule has 0 saturated carbocycles. The van der Waals surface area contributed by atoms with Crippen molar-refractivity contribution < 1.29 is 24.5 Å². The molecule has 90 valence electrons. The lowest BCUT2D eigenvalue weighted by Crippen LogP contribution is -2.56. The lowest BCUT2D eigenvalue weighted by Gasteiger charge is -2.34. The van der Waals surface area contributed by atoms with Crippen LogP contribution in [-0.4, -0.2) is 40.3 Å². The second-order valence-corrected chi connectivity index (χ2v) is 4.06. The Morgan fingerprint density at radius 3 is 2.88 bits per heavy atom. The van der Waals surface area contributed by atoms with E-state index in [9.17, 15) is 15.0 Å². The molecule has 1 aliphatic carbocycles. The Hall–Kier alpha value is -1.77. The van der Waals surface area contributed by atoms with Crippen LogP contribution in [0.15, 0.2) is 24.3 Å². The van der Waals surface area contributed by atoms with Crippen molar-refractivity contribution in [1.29, 1.82) is 0 Å². The summed E-state index contributed by atoms with van der Waals surface area (Å²) in [5, 5.41) is 20.1. The molecule has 4 atom stereocenters. The fraction of sp³-hybridized carbons (Fsp3) is 0.417. The van der Waals surface area contributed by atoms with Crippen LogP contribution in [0.1, 0.15) is 6.92 Å². The van der Waals surface area contributed by atoms with Crippen LogP contribution in [-0.2, 0) is 9.47 Å². The topological polar surface area (TPSA) is 76.0 Å². The minimum atomic E-state index is -1.87. The van der Waals surface area contributed by atoms with E-state index in [1.165, 1.54) is 12.2 Å². The summed E-state index contributed by atoms with van der Waals surface area (Å²) in [7, 11) is 0. The van der Waals surface area contributed by atoms with Crippen LogP contribution in [0.2, 0.25) is 0 Å². The molecule has 0 aromatic rings. The third-order valence-corrected chi connectivity index (χ3v) is 2.60. The molecule has 0 amide bonds. The third kappa shape index (κ3) is 1.93. The maximum atomic E-state index is 11.0. The smallest absolute Gasteiger partial charge is 0.423 e. The lowest BCUT2D eigenvalue weighted by atomic mass is 9.83. The molecule has 0 aromatic heterocycles. The summed E-state index contributed by atoms with van der Waals surface area (Å²) in [5.74, 6) is 5.07. The maximum Gasteiger partial charge on any atom is 0.509 e. The van der Waals surface area contributed by atoms with E-state index in [1.54, 1.807) is 6.92 Å². The zero-order valence-corrected chi connectivity index (χ0v) is 9.21. The van der Waals surface area contributed by atoms with Crippen molar-refractivity contribution in [2.24, 2.45) is 0 Å². The molecule has 0 aromatic carbocycles. The van der Waals surface area contributed by atoms with Gasteiger partial charge in [-0.3, -0.25) is 0 Å². The molecular weight excluding hydrogens is 224 g/mol. The quantitative estimate of drug-likeness (QED) is 0.355. The molecular formula is C12H12O5. The third-order valence-electron chi connectivity index (χ3n) is 2.60. The van der Waals surface area contributed by atoms with Gasteiger partial charge in [-0.25, -0.2) is 4.79 Å². The van der Waals surface area contributed by atoms with Crippen LogP contribution in [0.5, 0.6) is 0 Å². The molecule has 2 N–H and O–H groups in total. The molecule has 17 heavy (non-hydrogen) atoms.